The molecule has 0 amide bonds. The van der Waals surface area contributed by atoms with Gasteiger partial charge < -0.3 is 5.11 Å². The standard InChI is InChI=1S/C15H23NO2S/c1-11-12(9-14(19-11)15(17)18)10-16(2)13-7-5-3-4-6-8-13/h9,13H,3-8,10H2,1-2H3,(H,17,18). The molecule has 0 radical (unpaired) electrons. The van der Waals surface area contributed by atoms with Crippen molar-refractivity contribution < 1.29 is 9.90 Å². The molecule has 1 saturated carbocycles. The van der Waals surface area contributed by atoms with Gasteiger partial charge in [-0.3, -0.25) is 4.90 Å². The SMILES string of the molecule is Cc1sc(C(=O)O)cc1CN(C)C1CCCCCC1. The van der Waals surface area contributed by atoms with Gasteiger partial charge in [0.05, 0.1) is 0 Å². The Hall–Kier alpha value is -0.870. The lowest BCUT2D eigenvalue weighted by Crippen LogP contribution is -2.30. The van der Waals surface area contributed by atoms with Crippen molar-refractivity contribution in [3.63, 3.8) is 0 Å². The lowest BCUT2D eigenvalue weighted by Gasteiger charge is -2.27. The van der Waals surface area contributed by atoms with Gasteiger partial charge >= 0.3 is 5.97 Å². The molecule has 0 spiro atoms. The van der Waals surface area contributed by atoms with Gasteiger partial charge in [0.15, 0.2) is 0 Å². The van der Waals surface area contributed by atoms with E-state index in [9.17, 15) is 4.79 Å². The number of carboxylic acid groups (broad SMARTS) is 1. The molecule has 1 heterocycles. The van der Waals surface area contributed by atoms with Crippen LogP contribution >= 0.6 is 11.3 Å². The molecule has 3 nitrogen and oxygen atoms in total. The Morgan fingerprint density at radius 1 is 1.37 bits per heavy atom. The van der Waals surface area contributed by atoms with Crippen LogP contribution in [0.2, 0.25) is 0 Å². The van der Waals surface area contributed by atoms with Crippen LogP contribution in [-0.4, -0.2) is 29.1 Å². The highest BCUT2D eigenvalue weighted by molar-refractivity contribution is 7.14. The minimum absolute atomic E-state index is 0.460. The van der Waals surface area contributed by atoms with Crippen molar-refractivity contribution in [1.82, 2.24) is 4.90 Å². The fourth-order valence-corrected chi connectivity index (χ4v) is 3.75. The summed E-state index contributed by atoms with van der Waals surface area (Å²) in [5, 5.41) is 9.04. The Labute approximate surface area is 119 Å². The first-order chi connectivity index (χ1) is 9.08. The molecule has 1 aliphatic carbocycles. The largest absolute Gasteiger partial charge is 0.477 e. The van der Waals surface area contributed by atoms with E-state index in [1.54, 1.807) is 0 Å². The molecule has 0 saturated heterocycles. The van der Waals surface area contributed by atoms with Gasteiger partial charge in [-0.1, -0.05) is 25.7 Å². The fourth-order valence-electron chi connectivity index (χ4n) is 2.88. The maximum Gasteiger partial charge on any atom is 0.345 e. The van der Waals surface area contributed by atoms with Crippen molar-refractivity contribution in [2.24, 2.45) is 0 Å². The van der Waals surface area contributed by atoms with Gasteiger partial charge in [-0.05, 0) is 38.4 Å². The number of nitrogens with zero attached hydrogens (tertiary/aromatic N) is 1. The predicted octanol–water partition coefficient (Wildman–Crippen LogP) is 3.91. The first kappa shape index (κ1) is 14.5. The average Bonchev–Trinajstić information content (AvgIpc) is 2.60. The van der Waals surface area contributed by atoms with E-state index in [1.807, 2.05) is 13.0 Å². The Morgan fingerprint density at radius 2 is 2.00 bits per heavy atom. The van der Waals surface area contributed by atoms with Crippen molar-refractivity contribution in [3.05, 3.63) is 21.4 Å². The van der Waals surface area contributed by atoms with Crippen LogP contribution in [-0.2, 0) is 6.54 Å². The second-order valence-corrected chi connectivity index (χ2v) is 6.81. The summed E-state index contributed by atoms with van der Waals surface area (Å²) in [7, 11) is 2.17. The highest BCUT2D eigenvalue weighted by Gasteiger charge is 2.19. The molecule has 0 aromatic carbocycles. The van der Waals surface area contributed by atoms with Crippen LogP contribution in [0.5, 0.6) is 0 Å². The van der Waals surface area contributed by atoms with Crippen LogP contribution in [0, 0.1) is 6.92 Å². The van der Waals surface area contributed by atoms with Gasteiger partial charge in [0, 0.05) is 17.5 Å². The summed E-state index contributed by atoms with van der Waals surface area (Å²) in [6.45, 7) is 2.90. The molecule has 1 fully saturated rings. The number of hydrogen-bond donors (Lipinski definition) is 1. The maximum atomic E-state index is 11.0. The number of aryl methyl sites for hydroxylation is 1. The van der Waals surface area contributed by atoms with Crippen LogP contribution in [0.1, 0.15) is 58.6 Å². The summed E-state index contributed by atoms with van der Waals surface area (Å²) in [5.74, 6) is -0.809. The van der Waals surface area contributed by atoms with E-state index in [4.69, 9.17) is 5.11 Å². The summed E-state index contributed by atoms with van der Waals surface area (Å²) in [4.78, 5) is 15.0. The second-order valence-electron chi connectivity index (χ2n) is 5.56. The number of carbonyl (C=O) groups is 1. The average molecular weight is 281 g/mol. The number of rotatable bonds is 4. The highest BCUT2D eigenvalue weighted by Crippen LogP contribution is 2.26. The molecule has 1 N–H and O–H groups in total. The number of carboxylic acids is 1. The number of thiophene rings is 1. The lowest BCUT2D eigenvalue weighted by molar-refractivity contribution is 0.0702. The van der Waals surface area contributed by atoms with E-state index in [0.29, 0.717) is 10.9 Å². The molecule has 0 unspecified atom stereocenters. The summed E-state index contributed by atoms with van der Waals surface area (Å²) in [6, 6.07) is 2.50. The number of hydrogen-bond acceptors (Lipinski definition) is 3. The van der Waals surface area contributed by atoms with Gasteiger partial charge in [-0.15, -0.1) is 11.3 Å². The van der Waals surface area contributed by atoms with Gasteiger partial charge in [0.1, 0.15) is 4.88 Å². The van der Waals surface area contributed by atoms with Gasteiger partial charge in [0.2, 0.25) is 0 Å². The van der Waals surface area contributed by atoms with Crippen LogP contribution in [0.15, 0.2) is 6.07 Å². The molecule has 1 aliphatic rings. The van der Waals surface area contributed by atoms with E-state index < -0.39 is 5.97 Å². The minimum atomic E-state index is -0.809. The zero-order chi connectivity index (χ0) is 13.8. The highest BCUT2D eigenvalue weighted by atomic mass is 32.1. The Kier molecular flexibility index (Phi) is 4.99. The minimum Gasteiger partial charge on any atom is -0.477 e. The summed E-state index contributed by atoms with van der Waals surface area (Å²) in [5.41, 5.74) is 1.18. The predicted molar refractivity (Wildman–Crippen MR) is 79.0 cm³/mol. The van der Waals surface area contributed by atoms with Crippen molar-refractivity contribution in [1.29, 1.82) is 0 Å². The summed E-state index contributed by atoms with van der Waals surface area (Å²) >= 11 is 1.39. The third kappa shape index (κ3) is 3.80. The monoisotopic (exact) mass is 281 g/mol. The maximum absolute atomic E-state index is 11.0. The quantitative estimate of drug-likeness (QED) is 0.851. The Balaban J connectivity index is 2.01. The van der Waals surface area contributed by atoms with Gasteiger partial charge in [-0.2, -0.15) is 0 Å². The molecule has 1 aromatic heterocycles. The van der Waals surface area contributed by atoms with E-state index in [-0.39, 0.29) is 0 Å². The molecular formula is C15H23NO2S. The van der Waals surface area contributed by atoms with Gasteiger partial charge in [0.25, 0.3) is 0 Å². The van der Waals surface area contributed by atoms with Crippen LogP contribution < -0.4 is 0 Å². The number of aromatic carboxylic acids is 1. The molecule has 0 aliphatic heterocycles. The van der Waals surface area contributed by atoms with Crippen molar-refractivity contribution in [2.75, 3.05) is 7.05 Å². The zero-order valence-electron chi connectivity index (χ0n) is 11.8. The van der Waals surface area contributed by atoms with Crippen LogP contribution in [0.3, 0.4) is 0 Å². The molecular weight excluding hydrogens is 258 g/mol. The topological polar surface area (TPSA) is 40.5 Å². The first-order valence-electron chi connectivity index (χ1n) is 7.11. The molecule has 106 valence electrons. The van der Waals surface area contributed by atoms with Crippen molar-refractivity contribution >= 4 is 17.3 Å². The second kappa shape index (κ2) is 6.53. The third-order valence-electron chi connectivity index (χ3n) is 4.10. The van der Waals surface area contributed by atoms with E-state index in [0.717, 1.165) is 11.4 Å². The molecule has 1 aromatic rings. The Bertz CT molecular complexity index is 433. The van der Waals surface area contributed by atoms with E-state index >= 15 is 0 Å². The summed E-state index contributed by atoms with van der Waals surface area (Å²) < 4.78 is 0. The molecule has 0 bridgehead atoms. The van der Waals surface area contributed by atoms with Crippen LogP contribution in [0.4, 0.5) is 0 Å². The van der Waals surface area contributed by atoms with E-state index in [2.05, 4.69) is 11.9 Å². The van der Waals surface area contributed by atoms with E-state index in [1.165, 1.54) is 55.4 Å². The molecule has 4 heteroatoms. The first-order valence-corrected chi connectivity index (χ1v) is 7.92. The van der Waals surface area contributed by atoms with Gasteiger partial charge in [-0.25, -0.2) is 4.79 Å². The third-order valence-corrected chi connectivity index (χ3v) is 5.18. The normalized spacial score (nSPS) is 17.6. The smallest absolute Gasteiger partial charge is 0.345 e. The Morgan fingerprint density at radius 3 is 2.53 bits per heavy atom. The van der Waals surface area contributed by atoms with Crippen LogP contribution in [0.25, 0.3) is 0 Å². The molecule has 0 atom stereocenters. The summed E-state index contributed by atoms with van der Waals surface area (Å²) in [6.07, 6.45) is 7.96. The molecule has 19 heavy (non-hydrogen) atoms. The van der Waals surface area contributed by atoms with Crippen molar-refractivity contribution in [3.8, 4) is 0 Å². The molecule has 2 rings (SSSR count). The lowest BCUT2D eigenvalue weighted by atomic mass is 10.1. The van der Waals surface area contributed by atoms with Crippen molar-refractivity contribution in [2.45, 2.75) is 58.0 Å². The fraction of sp³-hybridized carbons (Fsp3) is 0.667. The zero-order valence-corrected chi connectivity index (χ0v) is 12.6.